The molecule has 2 aromatic rings. The van der Waals surface area contributed by atoms with Crippen LogP contribution in [0.2, 0.25) is 0 Å². The number of rotatable bonds is 10. The fourth-order valence-electron chi connectivity index (χ4n) is 3.26. The maximum absolute atomic E-state index is 5.94. The van der Waals surface area contributed by atoms with Gasteiger partial charge in [-0.25, -0.2) is 0 Å². The Bertz CT molecular complexity index is 714. The van der Waals surface area contributed by atoms with Crippen LogP contribution < -0.4 is 0 Å². The van der Waals surface area contributed by atoms with Crippen LogP contribution >= 0.6 is 24.4 Å². The molecule has 0 spiro atoms. The minimum absolute atomic E-state index is 0.0532. The molecule has 2 atom stereocenters. The van der Waals surface area contributed by atoms with E-state index < -0.39 is 0 Å². The summed E-state index contributed by atoms with van der Waals surface area (Å²) in [4.78, 5) is 0. The van der Waals surface area contributed by atoms with Crippen molar-refractivity contribution < 1.29 is 9.47 Å². The highest BCUT2D eigenvalue weighted by Gasteiger charge is 2.15. The molecule has 0 amide bonds. The van der Waals surface area contributed by atoms with Crippen LogP contribution in [-0.4, -0.2) is 22.3 Å². The molecule has 2 aromatic carbocycles. The number of ether oxygens (including phenoxy) is 2. The SMILES string of the molecule is CCCc1ccc(C(=S)OC(C)CC(C)OC(=S)c2ccc(CCC)cc2)cc1. The highest BCUT2D eigenvalue weighted by atomic mass is 32.1. The van der Waals surface area contributed by atoms with Crippen LogP contribution in [0.4, 0.5) is 0 Å². The van der Waals surface area contributed by atoms with Gasteiger partial charge in [-0.05, 0) is 62.3 Å². The minimum Gasteiger partial charge on any atom is -0.480 e. The number of hydrogen-bond acceptors (Lipinski definition) is 4. The first-order valence-corrected chi connectivity index (χ1v) is 11.3. The Morgan fingerprint density at radius 2 is 1.03 bits per heavy atom. The maximum atomic E-state index is 5.94. The molecular formula is C25H32O2S2. The molecule has 29 heavy (non-hydrogen) atoms. The van der Waals surface area contributed by atoms with E-state index in [1.165, 1.54) is 11.1 Å². The van der Waals surface area contributed by atoms with E-state index in [4.69, 9.17) is 33.9 Å². The standard InChI is InChI=1S/C25H32O2S2/c1-5-7-20-9-13-22(14-10-20)24(28)26-18(3)17-19(4)27-25(29)23-15-11-21(8-6-2)12-16-23/h9-16,18-19H,5-8,17H2,1-4H3. The summed E-state index contributed by atoms with van der Waals surface area (Å²) in [5.74, 6) is 0. The molecule has 0 saturated carbocycles. The Hall–Kier alpha value is -1.78. The van der Waals surface area contributed by atoms with Crippen LogP contribution in [0.15, 0.2) is 48.5 Å². The van der Waals surface area contributed by atoms with E-state index in [1.54, 1.807) is 0 Å². The van der Waals surface area contributed by atoms with Gasteiger partial charge < -0.3 is 9.47 Å². The average Bonchev–Trinajstić information content (AvgIpc) is 2.69. The fraction of sp³-hybridized carbons (Fsp3) is 0.440. The van der Waals surface area contributed by atoms with Gasteiger partial charge in [0.1, 0.15) is 12.2 Å². The van der Waals surface area contributed by atoms with E-state index in [2.05, 4.69) is 38.1 Å². The lowest BCUT2D eigenvalue weighted by atomic mass is 10.1. The summed E-state index contributed by atoms with van der Waals surface area (Å²) in [5, 5.41) is 1.06. The second-order valence-corrected chi connectivity index (χ2v) is 8.30. The van der Waals surface area contributed by atoms with Crippen molar-refractivity contribution in [1.29, 1.82) is 0 Å². The Labute approximate surface area is 186 Å². The van der Waals surface area contributed by atoms with Gasteiger partial charge in [-0.15, -0.1) is 0 Å². The van der Waals surface area contributed by atoms with Crippen molar-refractivity contribution in [2.75, 3.05) is 0 Å². The molecule has 0 aliphatic rings. The molecule has 2 rings (SSSR count). The van der Waals surface area contributed by atoms with Gasteiger partial charge in [-0.1, -0.05) is 75.2 Å². The van der Waals surface area contributed by atoms with Crippen LogP contribution in [0.3, 0.4) is 0 Å². The molecule has 156 valence electrons. The van der Waals surface area contributed by atoms with Crippen molar-refractivity contribution in [3.8, 4) is 0 Å². The zero-order valence-corrected chi connectivity index (χ0v) is 19.6. The topological polar surface area (TPSA) is 18.5 Å². The van der Waals surface area contributed by atoms with Crippen LogP contribution in [-0.2, 0) is 22.3 Å². The third-order valence-corrected chi connectivity index (χ3v) is 5.40. The van der Waals surface area contributed by atoms with E-state index in [-0.39, 0.29) is 12.2 Å². The predicted molar refractivity (Wildman–Crippen MR) is 130 cm³/mol. The number of aryl methyl sites for hydroxylation is 2. The summed E-state index contributed by atoms with van der Waals surface area (Å²) in [7, 11) is 0. The molecule has 0 saturated heterocycles. The summed E-state index contributed by atoms with van der Waals surface area (Å²) in [6.45, 7) is 8.39. The number of thiocarbonyl (C=S) groups is 2. The summed E-state index contributed by atoms with van der Waals surface area (Å²) in [6.07, 6.45) is 5.05. The summed E-state index contributed by atoms with van der Waals surface area (Å²) >= 11 is 10.9. The van der Waals surface area contributed by atoms with Crippen LogP contribution in [0.25, 0.3) is 0 Å². The summed E-state index contributed by atoms with van der Waals surface area (Å²) in [5.41, 5.74) is 4.54. The first-order chi connectivity index (χ1) is 13.9. The highest BCUT2D eigenvalue weighted by molar-refractivity contribution is 7.80. The monoisotopic (exact) mass is 428 g/mol. The van der Waals surface area contributed by atoms with Gasteiger partial charge in [0.15, 0.2) is 10.1 Å². The summed E-state index contributed by atoms with van der Waals surface area (Å²) < 4.78 is 11.9. The predicted octanol–water partition coefficient (Wildman–Crippen LogP) is 6.84. The molecule has 0 N–H and O–H groups in total. The van der Waals surface area contributed by atoms with Gasteiger partial charge in [0.2, 0.25) is 0 Å². The van der Waals surface area contributed by atoms with Gasteiger partial charge in [-0.3, -0.25) is 0 Å². The molecule has 2 unspecified atom stereocenters. The van der Waals surface area contributed by atoms with Crippen molar-refractivity contribution >= 4 is 34.5 Å². The third kappa shape index (κ3) is 7.87. The molecule has 0 radical (unpaired) electrons. The molecule has 2 nitrogen and oxygen atoms in total. The van der Waals surface area contributed by atoms with Gasteiger partial charge in [0, 0.05) is 17.5 Å². The van der Waals surface area contributed by atoms with Crippen LogP contribution in [0.5, 0.6) is 0 Å². The molecule has 0 aliphatic heterocycles. The second kappa shape index (κ2) is 12.0. The highest BCUT2D eigenvalue weighted by Crippen LogP contribution is 2.15. The van der Waals surface area contributed by atoms with E-state index in [0.717, 1.165) is 36.8 Å². The smallest absolute Gasteiger partial charge is 0.191 e. The van der Waals surface area contributed by atoms with Crippen molar-refractivity contribution in [2.45, 2.75) is 72.0 Å². The first-order valence-electron chi connectivity index (χ1n) is 10.5. The van der Waals surface area contributed by atoms with Crippen molar-refractivity contribution in [3.05, 3.63) is 70.8 Å². The third-order valence-electron chi connectivity index (χ3n) is 4.74. The van der Waals surface area contributed by atoms with E-state index in [1.807, 2.05) is 38.1 Å². The van der Waals surface area contributed by atoms with E-state index in [9.17, 15) is 0 Å². The molecular weight excluding hydrogens is 396 g/mol. The lowest BCUT2D eigenvalue weighted by molar-refractivity contribution is 0.122. The molecule has 0 aliphatic carbocycles. The van der Waals surface area contributed by atoms with Gasteiger partial charge in [0.05, 0.1) is 0 Å². The normalized spacial score (nSPS) is 12.8. The Morgan fingerprint density at radius 3 is 1.34 bits per heavy atom. The van der Waals surface area contributed by atoms with Gasteiger partial charge in [0.25, 0.3) is 0 Å². The minimum atomic E-state index is -0.0532. The van der Waals surface area contributed by atoms with Crippen LogP contribution in [0.1, 0.15) is 69.2 Å². The largest absolute Gasteiger partial charge is 0.480 e. The van der Waals surface area contributed by atoms with E-state index >= 15 is 0 Å². The van der Waals surface area contributed by atoms with Gasteiger partial charge >= 0.3 is 0 Å². The quantitative estimate of drug-likeness (QED) is 0.385. The molecule has 0 bridgehead atoms. The van der Waals surface area contributed by atoms with Crippen molar-refractivity contribution in [2.24, 2.45) is 0 Å². The Balaban J connectivity index is 1.82. The first kappa shape index (κ1) is 23.5. The fourth-order valence-corrected chi connectivity index (χ4v) is 3.86. The molecule has 0 fully saturated rings. The lowest BCUT2D eigenvalue weighted by Gasteiger charge is -2.21. The Kier molecular flexibility index (Phi) is 9.75. The zero-order valence-electron chi connectivity index (χ0n) is 17.9. The summed E-state index contributed by atoms with van der Waals surface area (Å²) in [6, 6.07) is 16.6. The second-order valence-electron chi connectivity index (χ2n) is 7.56. The Morgan fingerprint density at radius 1 is 0.690 bits per heavy atom. The molecule has 0 aromatic heterocycles. The van der Waals surface area contributed by atoms with Crippen molar-refractivity contribution in [1.82, 2.24) is 0 Å². The average molecular weight is 429 g/mol. The zero-order chi connectivity index (χ0) is 21.2. The van der Waals surface area contributed by atoms with Crippen molar-refractivity contribution in [3.63, 3.8) is 0 Å². The lowest BCUT2D eigenvalue weighted by Crippen LogP contribution is -2.23. The van der Waals surface area contributed by atoms with Gasteiger partial charge in [-0.2, -0.15) is 0 Å². The number of benzene rings is 2. The number of hydrogen-bond donors (Lipinski definition) is 0. The maximum Gasteiger partial charge on any atom is 0.191 e. The van der Waals surface area contributed by atoms with Crippen LogP contribution in [0, 0.1) is 0 Å². The van der Waals surface area contributed by atoms with E-state index in [0.29, 0.717) is 16.5 Å². The molecule has 0 heterocycles. The molecule has 4 heteroatoms.